The van der Waals surface area contributed by atoms with E-state index in [9.17, 15) is 0 Å². The molecule has 8 aromatic carbocycles. The quantitative estimate of drug-likeness (QED) is 0.120. The molecule has 0 bridgehead atoms. The fraction of sp³-hybridized carbons (Fsp3) is 0.0392. The van der Waals surface area contributed by atoms with Crippen molar-refractivity contribution in [3.05, 3.63) is 204 Å². The van der Waals surface area contributed by atoms with E-state index in [1.165, 1.54) is 27.5 Å². The third-order valence-corrected chi connectivity index (χ3v) is 10.3. The Balaban J connectivity index is 1.18. The van der Waals surface area contributed by atoms with Gasteiger partial charge in [0.15, 0.2) is 11.7 Å². The standard InChI is InChI=1S/C51H37N3O/c1-34-15-9-10-20-39(34)42-31-32-43(41-22-12-11-21-40(41)42)44-23-13-24-45-48-46(25-14-26-47(48)55-49(44)45)51(52-2)54-50(53-33-35-16-5-3-6-17-35)38-29-27-37(28-30-38)36-18-7-4-8-19-36/h3-32H,2,33H2,1H3/b53-50-,54-51-. The van der Waals surface area contributed by atoms with E-state index in [1.807, 2.05) is 42.5 Å². The summed E-state index contributed by atoms with van der Waals surface area (Å²) in [6.07, 6.45) is 0. The van der Waals surface area contributed by atoms with Gasteiger partial charge in [0.25, 0.3) is 0 Å². The molecule has 0 radical (unpaired) electrons. The van der Waals surface area contributed by atoms with Crippen LogP contribution in [0.25, 0.3) is 66.1 Å². The van der Waals surface area contributed by atoms with Crippen molar-refractivity contribution in [3.63, 3.8) is 0 Å². The third kappa shape index (κ3) is 6.45. The Morgan fingerprint density at radius 1 is 0.509 bits per heavy atom. The van der Waals surface area contributed by atoms with Crippen molar-refractivity contribution >= 4 is 51.1 Å². The first kappa shape index (κ1) is 33.7. The molecule has 4 heteroatoms. The summed E-state index contributed by atoms with van der Waals surface area (Å²) in [4.78, 5) is 14.7. The second kappa shape index (κ2) is 14.7. The van der Waals surface area contributed by atoms with Crippen molar-refractivity contribution in [1.29, 1.82) is 0 Å². The van der Waals surface area contributed by atoms with E-state index in [2.05, 4.69) is 158 Å². The minimum Gasteiger partial charge on any atom is -0.455 e. The molecule has 1 aromatic heterocycles. The third-order valence-electron chi connectivity index (χ3n) is 10.3. The average molecular weight is 708 g/mol. The normalized spacial score (nSPS) is 12.1. The largest absolute Gasteiger partial charge is 0.455 e. The van der Waals surface area contributed by atoms with Gasteiger partial charge in [-0.05, 0) is 69.4 Å². The van der Waals surface area contributed by atoms with E-state index in [-0.39, 0.29) is 0 Å². The summed E-state index contributed by atoms with van der Waals surface area (Å²) >= 11 is 0. The second-order valence-corrected chi connectivity index (χ2v) is 13.6. The molecule has 0 fully saturated rings. The highest BCUT2D eigenvalue weighted by molar-refractivity contribution is 6.23. The number of benzene rings is 8. The van der Waals surface area contributed by atoms with Crippen molar-refractivity contribution < 1.29 is 4.42 Å². The van der Waals surface area contributed by atoms with Gasteiger partial charge in [-0.2, -0.15) is 0 Å². The highest BCUT2D eigenvalue weighted by atomic mass is 16.3. The first-order chi connectivity index (χ1) is 27.2. The molecule has 9 aromatic rings. The van der Waals surface area contributed by atoms with Gasteiger partial charge in [0, 0.05) is 27.5 Å². The van der Waals surface area contributed by atoms with Gasteiger partial charge in [0.1, 0.15) is 11.2 Å². The number of fused-ring (bicyclic) bond motifs is 4. The number of amidine groups is 2. The van der Waals surface area contributed by atoms with Gasteiger partial charge in [0.05, 0.1) is 6.54 Å². The summed E-state index contributed by atoms with van der Waals surface area (Å²) in [5, 5.41) is 4.30. The van der Waals surface area contributed by atoms with Crippen molar-refractivity contribution in [2.24, 2.45) is 15.0 Å². The highest BCUT2D eigenvalue weighted by Gasteiger charge is 2.20. The average Bonchev–Trinajstić information content (AvgIpc) is 3.64. The van der Waals surface area contributed by atoms with Crippen LogP contribution in [0.2, 0.25) is 0 Å². The lowest BCUT2D eigenvalue weighted by molar-refractivity contribution is 0.670. The number of hydrogen-bond acceptors (Lipinski definition) is 2. The zero-order valence-electron chi connectivity index (χ0n) is 30.5. The van der Waals surface area contributed by atoms with Crippen molar-refractivity contribution in [1.82, 2.24) is 0 Å². The number of nitrogens with zero attached hydrogens (tertiary/aromatic N) is 3. The maximum atomic E-state index is 6.76. The van der Waals surface area contributed by atoms with E-state index in [0.717, 1.165) is 60.9 Å². The Kier molecular flexibility index (Phi) is 8.99. The van der Waals surface area contributed by atoms with Gasteiger partial charge in [-0.3, -0.25) is 4.99 Å². The Morgan fingerprint density at radius 3 is 1.84 bits per heavy atom. The lowest BCUT2D eigenvalue weighted by Crippen LogP contribution is -2.06. The van der Waals surface area contributed by atoms with Crippen molar-refractivity contribution in [2.75, 3.05) is 0 Å². The molecule has 262 valence electrons. The lowest BCUT2D eigenvalue weighted by Gasteiger charge is -2.14. The fourth-order valence-electron chi connectivity index (χ4n) is 7.55. The van der Waals surface area contributed by atoms with Gasteiger partial charge in [-0.25, -0.2) is 9.98 Å². The van der Waals surface area contributed by atoms with Crippen LogP contribution >= 0.6 is 0 Å². The fourth-order valence-corrected chi connectivity index (χ4v) is 7.55. The molecule has 0 amide bonds. The minimum absolute atomic E-state index is 0.476. The molecule has 0 aliphatic heterocycles. The maximum Gasteiger partial charge on any atom is 0.161 e. The van der Waals surface area contributed by atoms with Gasteiger partial charge >= 0.3 is 0 Å². The van der Waals surface area contributed by atoms with Crippen LogP contribution in [0.15, 0.2) is 201 Å². The Bertz CT molecular complexity index is 2900. The van der Waals surface area contributed by atoms with Gasteiger partial charge < -0.3 is 4.42 Å². The smallest absolute Gasteiger partial charge is 0.161 e. The summed E-state index contributed by atoms with van der Waals surface area (Å²) in [6, 6.07) is 63.0. The molecule has 1 heterocycles. The van der Waals surface area contributed by atoms with Crippen LogP contribution in [-0.2, 0) is 6.54 Å². The number of hydrogen-bond donors (Lipinski definition) is 0. The van der Waals surface area contributed by atoms with Crippen LogP contribution in [-0.4, -0.2) is 18.4 Å². The number of aliphatic imine (C=N–C) groups is 3. The molecule has 0 N–H and O–H groups in total. The van der Waals surface area contributed by atoms with Crippen molar-refractivity contribution in [3.8, 4) is 33.4 Å². The SMILES string of the molecule is C=N/C(=N\C(=N/Cc1ccccc1)c1ccc(-c2ccccc2)cc1)c1cccc2oc3c(-c4ccc(-c5ccccc5C)c5ccccc45)cccc3c12. The zero-order chi connectivity index (χ0) is 37.1. The van der Waals surface area contributed by atoms with Crippen LogP contribution in [0.4, 0.5) is 0 Å². The summed E-state index contributed by atoms with van der Waals surface area (Å²) in [6.45, 7) is 6.64. The van der Waals surface area contributed by atoms with Gasteiger partial charge in [-0.15, -0.1) is 0 Å². The molecule has 0 aliphatic carbocycles. The summed E-state index contributed by atoms with van der Waals surface area (Å²) in [5.74, 6) is 1.06. The molecule has 0 unspecified atom stereocenters. The monoisotopic (exact) mass is 707 g/mol. The van der Waals surface area contributed by atoms with Gasteiger partial charge in [0.2, 0.25) is 0 Å². The Labute approximate surface area is 320 Å². The predicted octanol–water partition coefficient (Wildman–Crippen LogP) is 13.1. The number of furan rings is 1. The number of para-hydroxylation sites is 1. The molecule has 0 aliphatic rings. The Hall–Kier alpha value is -7.17. The summed E-state index contributed by atoms with van der Waals surface area (Å²) in [5.41, 5.74) is 12.5. The van der Waals surface area contributed by atoms with Crippen LogP contribution in [0.5, 0.6) is 0 Å². The maximum absolute atomic E-state index is 6.76. The Morgan fingerprint density at radius 2 is 1.11 bits per heavy atom. The summed E-state index contributed by atoms with van der Waals surface area (Å²) < 4.78 is 6.76. The molecule has 0 saturated carbocycles. The zero-order valence-corrected chi connectivity index (χ0v) is 30.5. The molecular formula is C51H37N3O. The lowest BCUT2D eigenvalue weighted by atomic mass is 9.90. The molecule has 0 spiro atoms. The molecule has 0 saturated heterocycles. The second-order valence-electron chi connectivity index (χ2n) is 13.6. The topological polar surface area (TPSA) is 50.2 Å². The summed E-state index contributed by atoms with van der Waals surface area (Å²) in [7, 11) is 0. The molecule has 55 heavy (non-hydrogen) atoms. The van der Waals surface area contributed by atoms with E-state index in [4.69, 9.17) is 14.4 Å². The predicted molar refractivity (Wildman–Crippen MR) is 231 cm³/mol. The van der Waals surface area contributed by atoms with E-state index in [1.54, 1.807) is 0 Å². The van der Waals surface area contributed by atoms with Crippen LogP contribution < -0.4 is 0 Å². The van der Waals surface area contributed by atoms with Crippen LogP contribution in [0.1, 0.15) is 22.3 Å². The minimum atomic E-state index is 0.476. The van der Waals surface area contributed by atoms with E-state index in [0.29, 0.717) is 18.2 Å². The number of rotatable bonds is 7. The number of aryl methyl sites for hydroxylation is 1. The van der Waals surface area contributed by atoms with E-state index >= 15 is 0 Å². The van der Waals surface area contributed by atoms with Crippen LogP contribution in [0.3, 0.4) is 0 Å². The van der Waals surface area contributed by atoms with E-state index < -0.39 is 0 Å². The first-order valence-electron chi connectivity index (χ1n) is 18.5. The van der Waals surface area contributed by atoms with Crippen LogP contribution in [0, 0.1) is 6.92 Å². The molecule has 4 nitrogen and oxygen atoms in total. The van der Waals surface area contributed by atoms with Crippen molar-refractivity contribution in [2.45, 2.75) is 13.5 Å². The molecule has 0 atom stereocenters. The van der Waals surface area contributed by atoms with Gasteiger partial charge in [-0.1, -0.05) is 176 Å². The molecule has 9 rings (SSSR count). The molecular weight excluding hydrogens is 671 g/mol. The first-order valence-corrected chi connectivity index (χ1v) is 18.5. The highest BCUT2D eigenvalue weighted by Crippen LogP contribution is 2.42.